The Bertz CT molecular complexity index is 723. The maximum absolute atomic E-state index is 13.5. The predicted octanol–water partition coefficient (Wildman–Crippen LogP) is 3.02. The van der Waals surface area contributed by atoms with Crippen LogP contribution in [-0.2, 0) is 29.1 Å². The van der Waals surface area contributed by atoms with E-state index in [0.29, 0.717) is 6.08 Å². The van der Waals surface area contributed by atoms with Crippen LogP contribution in [0.25, 0.3) is 0 Å². The molecule has 0 amide bonds. The number of hydrogen-bond donors (Lipinski definition) is 2. The number of esters is 1. The van der Waals surface area contributed by atoms with Gasteiger partial charge in [-0.3, -0.25) is 4.55 Å². The van der Waals surface area contributed by atoms with Crippen molar-refractivity contribution in [2.75, 3.05) is 6.61 Å². The Morgan fingerprint density at radius 3 is 2.00 bits per heavy atom. The molecule has 0 aromatic carbocycles. The molecule has 0 aromatic heterocycles. The van der Waals surface area contributed by atoms with Gasteiger partial charge in [0.1, 0.15) is 0 Å². The van der Waals surface area contributed by atoms with Crippen LogP contribution in [0, 0.1) is 0 Å². The van der Waals surface area contributed by atoms with Crippen LogP contribution >= 0.6 is 0 Å². The number of unbranched alkanes of at least 4 members (excludes halogenated alkanes) is 1. The largest absolute Gasteiger partial charge is 0.459 e. The van der Waals surface area contributed by atoms with Crippen molar-refractivity contribution in [3.05, 3.63) is 12.7 Å². The monoisotopic (exact) mass is 494 g/mol. The molecule has 0 radical (unpaired) electrons. The van der Waals surface area contributed by atoms with Crippen LogP contribution < -0.4 is 0 Å². The molecule has 0 saturated carbocycles. The van der Waals surface area contributed by atoms with E-state index in [1.165, 1.54) is 13.8 Å². The second-order valence-corrected chi connectivity index (χ2v) is 7.78. The molecule has 0 saturated heterocycles. The van der Waals surface area contributed by atoms with E-state index in [1.54, 1.807) is 0 Å². The average molecular weight is 494 g/mol. The fraction of sp³-hybridized carbons (Fsp3) is 0.800. The van der Waals surface area contributed by atoms with Crippen LogP contribution in [0.3, 0.4) is 0 Å². The van der Waals surface area contributed by atoms with Crippen molar-refractivity contribution in [3.63, 3.8) is 0 Å². The highest BCUT2D eigenvalue weighted by atomic mass is 32.2. The van der Waals surface area contributed by atoms with E-state index >= 15 is 0 Å². The number of aliphatic hydroxyl groups excluding tert-OH is 1. The standard InChI is InChI=1S/C15H21F7O8S/c1-4-10(23)30-13(14(18,19)20,11(24)29-9(2)3)28-8-6-5-7-12(16,17)15(21,22)31(25,26)27/h4,9-10,23H,1,5-8H2,2-3H3,(H,25,26,27). The maximum Gasteiger partial charge on any atom is 0.455 e. The molecule has 2 atom stereocenters. The lowest BCUT2D eigenvalue weighted by atomic mass is 10.1. The first-order valence-electron chi connectivity index (χ1n) is 8.38. The van der Waals surface area contributed by atoms with Crippen LogP contribution in [0.15, 0.2) is 12.7 Å². The molecule has 16 heteroatoms. The molecule has 0 rings (SSSR count). The highest BCUT2D eigenvalue weighted by molar-refractivity contribution is 7.87. The van der Waals surface area contributed by atoms with Gasteiger partial charge < -0.3 is 19.3 Å². The molecule has 0 bridgehead atoms. The van der Waals surface area contributed by atoms with Crippen molar-refractivity contribution < 1.29 is 67.8 Å². The van der Waals surface area contributed by atoms with Gasteiger partial charge in [0.25, 0.3) is 0 Å². The molecule has 0 aliphatic carbocycles. The number of ether oxygens (including phenoxy) is 3. The second-order valence-electron chi connectivity index (χ2n) is 6.31. The minimum atomic E-state index is -6.47. The summed E-state index contributed by atoms with van der Waals surface area (Å²) < 4.78 is 136. The number of halogens is 7. The van der Waals surface area contributed by atoms with E-state index in [0.717, 1.165) is 0 Å². The van der Waals surface area contributed by atoms with Gasteiger partial charge in [0.15, 0.2) is 6.29 Å². The van der Waals surface area contributed by atoms with Crippen molar-refractivity contribution in [1.82, 2.24) is 0 Å². The highest BCUT2D eigenvalue weighted by Gasteiger charge is 2.67. The zero-order chi connectivity index (χ0) is 24.9. The molecule has 0 spiro atoms. The summed E-state index contributed by atoms with van der Waals surface area (Å²) in [6.45, 7) is 4.12. The lowest BCUT2D eigenvalue weighted by molar-refractivity contribution is -0.390. The Balaban J connectivity index is 5.41. The number of alkyl halides is 7. The van der Waals surface area contributed by atoms with Gasteiger partial charge >= 0.3 is 39.2 Å². The van der Waals surface area contributed by atoms with Gasteiger partial charge in [0, 0.05) is 6.42 Å². The molecule has 8 nitrogen and oxygen atoms in total. The summed E-state index contributed by atoms with van der Waals surface area (Å²) in [6, 6.07) is 0. The molecule has 31 heavy (non-hydrogen) atoms. The highest BCUT2D eigenvalue weighted by Crippen LogP contribution is 2.42. The van der Waals surface area contributed by atoms with E-state index in [2.05, 4.69) is 20.8 Å². The lowest BCUT2D eigenvalue weighted by Crippen LogP contribution is -2.59. The smallest absolute Gasteiger partial charge is 0.455 e. The fourth-order valence-corrected chi connectivity index (χ4v) is 2.39. The second kappa shape index (κ2) is 10.4. The Hall–Kier alpha value is -1.49. The van der Waals surface area contributed by atoms with Gasteiger partial charge in [-0.05, 0) is 32.8 Å². The summed E-state index contributed by atoms with van der Waals surface area (Å²) in [7, 11) is -6.47. The quantitative estimate of drug-likeness (QED) is 0.100. The van der Waals surface area contributed by atoms with Crippen molar-refractivity contribution >= 4 is 16.1 Å². The van der Waals surface area contributed by atoms with Crippen LogP contribution in [0.2, 0.25) is 0 Å². The summed E-state index contributed by atoms with van der Waals surface area (Å²) in [5.74, 6) is -11.6. The third-order valence-corrected chi connectivity index (χ3v) is 4.36. The van der Waals surface area contributed by atoms with E-state index in [1.807, 2.05) is 0 Å². The molecule has 0 fully saturated rings. The Morgan fingerprint density at radius 1 is 1.10 bits per heavy atom. The molecule has 184 valence electrons. The SMILES string of the molecule is C=CC(O)OC(OCCCCC(F)(F)C(F)(F)S(=O)(=O)O)(C(=O)OC(C)C)C(F)(F)F. The minimum absolute atomic E-state index is 0.463. The van der Waals surface area contributed by atoms with Gasteiger partial charge in [0.2, 0.25) is 0 Å². The van der Waals surface area contributed by atoms with Gasteiger partial charge in [-0.25, -0.2) is 4.79 Å². The zero-order valence-corrected chi connectivity index (χ0v) is 17.0. The maximum atomic E-state index is 13.5. The van der Waals surface area contributed by atoms with E-state index in [4.69, 9.17) is 4.55 Å². The first-order chi connectivity index (χ1) is 13.7. The van der Waals surface area contributed by atoms with Crippen LogP contribution in [0.1, 0.15) is 33.1 Å². The van der Waals surface area contributed by atoms with Crippen molar-refractivity contribution in [2.24, 2.45) is 0 Å². The molecule has 0 aliphatic rings. The van der Waals surface area contributed by atoms with Crippen molar-refractivity contribution in [3.8, 4) is 0 Å². The first-order valence-corrected chi connectivity index (χ1v) is 9.82. The van der Waals surface area contributed by atoms with Crippen molar-refractivity contribution in [1.29, 1.82) is 0 Å². The third-order valence-electron chi connectivity index (χ3n) is 3.41. The number of aliphatic hydroxyl groups is 1. The summed E-state index contributed by atoms with van der Waals surface area (Å²) in [4.78, 5) is 12.0. The Morgan fingerprint density at radius 2 is 1.61 bits per heavy atom. The van der Waals surface area contributed by atoms with E-state index < -0.39 is 77.5 Å². The molecule has 0 aromatic rings. The van der Waals surface area contributed by atoms with Gasteiger partial charge in [-0.15, -0.1) is 0 Å². The summed E-state index contributed by atoms with van der Waals surface area (Å²) in [5, 5.41) is 3.49. The normalized spacial score (nSPS) is 16.6. The minimum Gasteiger partial charge on any atom is -0.459 e. The first kappa shape index (κ1) is 29.5. The molecule has 2 unspecified atom stereocenters. The summed E-state index contributed by atoms with van der Waals surface area (Å²) >= 11 is 0. The molecular formula is C15H21F7O8S. The number of carbonyl (C=O) groups is 1. The van der Waals surface area contributed by atoms with Crippen LogP contribution in [0.4, 0.5) is 30.7 Å². The molecule has 0 aliphatic heterocycles. The van der Waals surface area contributed by atoms with Gasteiger partial charge in [-0.2, -0.15) is 39.2 Å². The number of rotatable bonds is 13. The third kappa shape index (κ3) is 7.27. The average Bonchev–Trinajstić information content (AvgIpc) is 2.57. The van der Waals surface area contributed by atoms with Gasteiger partial charge in [0.05, 0.1) is 12.7 Å². The number of carbonyl (C=O) groups excluding carboxylic acids is 1. The summed E-state index contributed by atoms with van der Waals surface area (Å²) in [5.41, 5.74) is 0. The van der Waals surface area contributed by atoms with Crippen LogP contribution in [0.5, 0.6) is 0 Å². The molecule has 0 heterocycles. The van der Waals surface area contributed by atoms with Crippen molar-refractivity contribution in [2.45, 2.75) is 68.6 Å². The lowest BCUT2D eigenvalue weighted by Gasteiger charge is -2.34. The van der Waals surface area contributed by atoms with Crippen LogP contribution in [-0.4, -0.2) is 66.2 Å². The summed E-state index contributed by atoms with van der Waals surface area (Å²) in [6.07, 6.45) is -12.4. The Kier molecular flexibility index (Phi) is 9.92. The molecule has 2 N–H and O–H groups in total. The topological polar surface area (TPSA) is 119 Å². The van der Waals surface area contributed by atoms with Gasteiger partial charge in [-0.1, -0.05) is 6.58 Å². The Labute approximate surface area is 172 Å². The zero-order valence-electron chi connectivity index (χ0n) is 16.2. The molecular weight excluding hydrogens is 473 g/mol. The fourth-order valence-electron chi connectivity index (χ4n) is 1.91. The number of hydrogen-bond acceptors (Lipinski definition) is 7. The van der Waals surface area contributed by atoms with E-state index in [-0.39, 0.29) is 0 Å². The predicted molar refractivity (Wildman–Crippen MR) is 88.5 cm³/mol. The van der Waals surface area contributed by atoms with E-state index in [9.17, 15) is 49.1 Å².